The van der Waals surface area contributed by atoms with Crippen LogP contribution in [0, 0.1) is 0 Å². The molecule has 0 saturated heterocycles. The number of amides is 1. The average Bonchev–Trinajstić information content (AvgIpc) is 1.97. The second-order valence-corrected chi connectivity index (χ2v) is 2.86. The first-order valence-corrected chi connectivity index (χ1v) is 3.85. The van der Waals surface area contributed by atoms with Crippen LogP contribution in [-0.2, 0) is 4.79 Å². The van der Waals surface area contributed by atoms with Crippen molar-refractivity contribution in [3.05, 3.63) is 11.6 Å². The summed E-state index contributed by atoms with van der Waals surface area (Å²) in [4.78, 5) is 10.3. The number of carbonyl (C=O) groups is 1. The number of rotatable bonds is 5. The van der Waals surface area contributed by atoms with Crippen molar-refractivity contribution in [1.29, 1.82) is 0 Å². The summed E-state index contributed by atoms with van der Waals surface area (Å²) >= 11 is 0. The number of carbonyl (C=O) groups excluding carboxylic acids is 1. The Morgan fingerprint density at radius 1 is 1.67 bits per heavy atom. The Balaban J connectivity index is 3.44. The van der Waals surface area contributed by atoms with Gasteiger partial charge in [-0.05, 0) is 13.8 Å². The zero-order valence-corrected chi connectivity index (χ0v) is 7.50. The van der Waals surface area contributed by atoms with Gasteiger partial charge in [-0.25, -0.2) is 0 Å². The molecular formula is C8H16N2O2. The minimum absolute atomic E-state index is 0.207. The van der Waals surface area contributed by atoms with Gasteiger partial charge in [0.1, 0.15) is 6.10 Å². The number of hydrogen-bond donors (Lipinski definition) is 3. The third-order valence-corrected chi connectivity index (χ3v) is 1.32. The van der Waals surface area contributed by atoms with E-state index in [2.05, 4.69) is 5.32 Å². The van der Waals surface area contributed by atoms with Crippen LogP contribution in [0.25, 0.3) is 0 Å². The number of aliphatic hydroxyl groups excluding tert-OH is 1. The van der Waals surface area contributed by atoms with Crippen molar-refractivity contribution in [2.45, 2.75) is 20.0 Å². The third-order valence-electron chi connectivity index (χ3n) is 1.32. The molecule has 0 spiro atoms. The van der Waals surface area contributed by atoms with E-state index < -0.39 is 12.0 Å². The van der Waals surface area contributed by atoms with Gasteiger partial charge in [0.2, 0.25) is 5.91 Å². The van der Waals surface area contributed by atoms with E-state index >= 15 is 0 Å². The van der Waals surface area contributed by atoms with Crippen molar-refractivity contribution in [1.82, 2.24) is 5.32 Å². The number of aliphatic hydroxyl groups is 1. The molecule has 0 aliphatic carbocycles. The number of hydrogen-bond acceptors (Lipinski definition) is 3. The topological polar surface area (TPSA) is 75.3 Å². The Bertz CT molecular complexity index is 174. The molecule has 1 amide bonds. The summed E-state index contributed by atoms with van der Waals surface area (Å²) in [6, 6.07) is 0. The Hall–Kier alpha value is -0.870. The molecule has 12 heavy (non-hydrogen) atoms. The molecule has 4 nitrogen and oxygen atoms in total. The summed E-state index contributed by atoms with van der Waals surface area (Å²) in [6.45, 7) is 4.81. The van der Waals surface area contributed by atoms with E-state index in [1.165, 1.54) is 5.57 Å². The Kier molecular flexibility index (Phi) is 5.32. The molecule has 1 unspecified atom stereocenters. The SMILES string of the molecule is CC(C)=CCNCC(O)C(N)=O. The van der Waals surface area contributed by atoms with E-state index in [-0.39, 0.29) is 6.54 Å². The van der Waals surface area contributed by atoms with Crippen molar-refractivity contribution in [2.75, 3.05) is 13.1 Å². The monoisotopic (exact) mass is 172 g/mol. The van der Waals surface area contributed by atoms with E-state index in [1.54, 1.807) is 0 Å². The van der Waals surface area contributed by atoms with Crippen LogP contribution < -0.4 is 11.1 Å². The fourth-order valence-corrected chi connectivity index (χ4v) is 0.597. The summed E-state index contributed by atoms with van der Waals surface area (Å²) in [7, 11) is 0. The predicted octanol–water partition coefficient (Wildman–Crippen LogP) is -0.612. The lowest BCUT2D eigenvalue weighted by Gasteiger charge is -2.05. The first-order valence-electron chi connectivity index (χ1n) is 3.85. The molecule has 0 saturated carbocycles. The van der Waals surface area contributed by atoms with Gasteiger partial charge in [0, 0.05) is 13.1 Å². The van der Waals surface area contributed by atoms with Gasteiger partial charge in [0.25, 0.3) is 0 Å². The molecule has 0 radical (unpaired) electrons. The first-order chi connectivity index (χ1) is 5.54. The molecule has 0 aromatic heterocycles. The number of allylic oxidation sites excluding steroid dienone is 1. The van der Waals surface area contributed by atoms with E-state index in [0.717, 1.165) is 0 Å². The molecule has 0 aliphatic heterocycles. The lowest BCUT2D eigenvalue weighted by molar-refractivity contribution is -0.125. The van der Waals surface area contributed by atoms with Crippen molar-refractivity contribution in [3.63, 3.8) is 0 Å². The van der Waals surface area contributed by atoms with E-state index in [4.69, 9.17) is 10.8 Å². The van der Waals surface area contributed by atoms with Crippen molar-refractivity contribution in [2.24, 2.45) is 5.73 Å². The highest BCUT2D eigenvalue weighted by Gasteiger charge is 2.08. The molecule has 0 aromatic rings. The molecule has 4 N–H and O–H groups in total. The highest BCUT2D eigenvalue weighted by molar-refractivity contribution is 5.78. The minimum atomic E-state index is -1.09. The first kappa shape index (κ1) is 11.1. The van der Waals surface area contributed by atoms with Crippen LogP contribution in [0.4, 0.5) is 0 Å². The van der Waals surface area contributed by atoms with Gasteiger partial charge in [-0.2, -0.15) is 0 Å². The van der Waals surface area contributed by atoms with Gasteiger partial charge >= 0.3 is 0 Å². The van der Waals surface area contributed by atoms with Crippen LogP contribution in [-0.4, -0.2) is 30.2 Å². The molecule has 0 rings (SSSR count). The van der Waals surface area contributed by atoms with Gasteiger partial charge in [0.15, 0.2) is 0 Å². The Labute approximate surface area is 72.4 Å². The Morgan fingerprint density at radius 2 is 2.25 bits per heavy atom. The average molecular weight is 172 g/mol. The summed E-state index contributed by atoms with van der Waals surface area (Å²) < 4.78 is 0. The van der Waals surface area contributed by atoms with Gasteiger partial charge in [-0.1, -0.05) is 11.6 Å². The maximum atomic E-state index is 10.3. The second kappa shape index (κ2) is 5.74. The van der Waals surface area contributed by atoms with E-state index in [9.17, 15) is 4.79 Å². The van der Waals surface area contributed by atoms with Gasteiger partial charge in [-0.3, -0.25) is 4.79 Å². The van der Waals surface area contributed by atoms with Crippen molar-refractivity contribution in [3.8, 4) is 0 Å². The predicted molar refractivity (Wildman–Crippen MR) is 47.5 cm³/mol. The molecule has 0 fully saturated rings. The van der Waals surface area contributed by atoms with E-state index in [0.29, 0.717) is 6.54 Å². The summed E-state index contributed by atoms with van der Waals surface area (Å²) in [5, 5.41) is 11.8. The van der Waals surface area contributed by atoms with Crippen LogP contribution in [0.2, 0.25) is 0 Å². The van der Waals surface area contributed by atoms with Crippen molar-refractivity contribution >= 4 is 5.91 Å². The number of nitrogens with two attached hydrogens (primary N) is 1. The van der Waals surface area contributed by atoms with Crippen LogP contribution >= 0.6 is 0 Å². The second-order valence-electron chi connectivity index (χ2n) is 2.86. The largest absolute Gasteiger partial charge is 0.382 e. The molecule has 70 valence electrons. The fourth-order valence-electron chi connectivity index (χ4n) is 0.597. The quantitative estimate of drug-likeness (QED) is 0.382. The maximum absolute atomic E-state index is 10.3. The molecule has 0 aromatic carbocycles. The maximum Gasteiger partial charge on any atom is 0.247 e. The zero-order valence-electron chi connectivity index (χ0n) is 7.50. The highest BCUT2D eigenvalue weighted by atomic mass is 16.3. The molecule has 1 atom stereocenters. The van der Waals surface area contributed by atoms with Crippen LogP contribution in [0.1, 0.15) is 13.8 Å². The van der Waals surface area contributed by atoms with E-state index in [1.807, 2.05) is 19.9 Å². The number of primary amides is 1. The number of nitrogens with one attached hydrogen (secondary N) is 1. The molecule has 0 heterocycles. The van der Waals surface area contributed by atoms with Crippen LogP contribution in [0.3, 0.4) is 0 Å². The molecular weight excluding hydrogens is 156 g/mol. The fraction of sp³-hybridized carbons (Fsp3) is 0.625. The van der Waals surface area contributed by atoms with Crippen molar-refractivity contribution < 1.29 is 9.90 Å². The lowest BCUT2D eigenvalue weighted by atomic mass is 10.3. The van der Waals surface area contributed by atoms with Gasteiger partial charge < -0.3 is 16.2 Å². The summed E-state index contributed by atoms with van der Waals surface area (Å²) in [5.74, 6) is -0.695. The normalized spacial score (nSPS) is 12.2. The standard InChI is InChI=1S/C8H16N2O2/c1-6(2)3-4-10-5-7(11)8(9)12/h3,7,10-11H,4-5H2,1-2H3,(H2,9,12). The van der Waals surface area contributed by atoms with Gasteiger partial charge in [-0.15, -0.1) is 0 Å². The smallest absolute Gasteiger partial charge is 0.247 e. The third kappa shape index (κ3) is 5.88. The highest BCUT2D eigenvalue weighted by Crippen LogP contribution is 1.85. The van der Waals surface area contributed by atoms with Crippen LogP contribution in [0.5, 0.6) is 0 Å². The molecule has 0 aliphatic rings. The zero-order chi connectivity index (χ0) is 9.56. The summed E-state index contributed by atoms with van der Waals surface area (Å²) in [5.41, 5.74) is 6.02. The van der Waals surface area contributed by atoms with Crippen LogP contribution in [0.15, 0.2) is 11.6 Å². The lowest BCUT2D eigenvalue weighted by Crippen LogP contribution is -2.37. The molecule has 4 heteroatoms. The summed E-state index contributed by atoms with van der Waals surface area (Å²) in [6.07, 6.45) is 0.879. The Morgan fingerprint density at radius 3 is 2.67 bits per heavy atom. The minimum Gasteiger partial charge on any atom is -0.382 e. The molecule has 0 bridgehead atoms. The van der Waals surface area contributed by atoms with Gasteiger partial charge in [0.05, 0.1) is 0 Å².